The fourth-order valence-corrected chi connectivity index (χ4v) is 2.82. The molecule has 1 aromatic heterocycles. The molecule has 0 spiro atoms. The van der Waals surface area contributed by atoms with Gasteiger partial charge in [0.05, 0.1) is 0 Å². The molecule has 2 N–H and O–H groups in total. The molecular weight excluding hydrogens is 232 g/mol. The molecule has 1 aromatic carbocycles. The lowest BCUT2D eigenvalue weighted by molar-refractivity contribution is 0.589. The molecular formula is C13H18N2OS. The Morgan fingerprint density at radius 2 is 2.24 bits per heavy atom. The highest BCUT2D eigenvalue weighted by Gasteiger charge is 2.05. The summed E-state index contributed by atoms with van der Waals surface area (Å²) in [7, 11) is -0.742. The molecule has 2 rings (SSSR count). The predicted molar refractivity (Wildman–Crippen MR) is 73.5 cm³/mol. The van der Waals surface area contributed by atoms with Gasteiger partial charge in [0.25, 0.3) is 0 Å². The van der Waals surface area contributed by atoms with E-state index in [9.17, 15) is 4.21 Å². The number of fused-ring (bicyclic) bond motifs is 1. The maximum absolute atomic E-state index is 11.1. The van der Waals surface area contributed by atoms with Gasteiger partial charge in [0, 0.05) is 52.5 Å². The van der Waals surface area contributed by atoms with E-state index in [4.69, 9.17) is 0 Å². The van der Waals surface area contributed by atoms with Crippen LogP contribution in [0.1, 0.15) is 12.5 Å². The monoisotopic (exact) mass is 250 g/mol. The number of hydrogen-bond acceptors (Lipinski definition) is 2. The Hall–Kier alpha value is -1.13. The van der Waals surface area contributed by atoms with E-state index in [1.807, 2.05) is 6.20 Å². The number of rotatable bonds is 5. The largest absolute Gasteiger partial charge is 0.361 e. The van der Waals surface area contributed by atoms with Crippen LogP contribution in [0.5, 0.6) is 0 Å². The number of H-pyrrole nitrogens is 1. The Kier molecular flexibility index (Phi) is 3.97. The summed E-state index contributed by atoms with van der Waals surface area (Å²) in [6.45, 7) is 2.88. The van der Waals surface area contributed by atoms with Crippen molar-refractivity contribution in [2.75, 3.05) is 12.0 Å². The van der Waals surface area contributed by atoms with E-state index in [0.29, 0.717) is 5.75 Å². The first kappa shape index (κ1) is 12.3. The topological polar surface area (TPSA) is 44.9 Å². The van der Waals surface area contributed by atoms with Crippen molar-refractivity contribution in [3.63, 3.8) is 0 Å². The third-order valence-corrected chi connectivity index (χ3v) is 3.78. The smallest absolute Gasteiger partial charge is 0.0457 e. The van der Waals surface area contributed by atoms with Crippen molar-refractivity contribution in [2.24, 2.45) is 0 Å². The Bertz CT molecular complexity index is 521. The molecule has 0 aliphatic rings. The van der Waals surface area contributed by atoms with E-state index >= 15 is 0 Å². The number of aromatic nitrogens is 1. The van der Waals surface area contributed by atoms with E-state index in [1.165, 1.54) is 10.9 Å². The predicted octanol–water partition coefficient (Wildman–Crippen LogP) is 2.02. The first-order chi connectivity index (χ1) is 8.16. The summed E-state index contributed by atoms with van der Waals surface area (Å²) in [5, 5.41) is 4.66. The summed E-state index contributed by atoms with van der Waals surface area (Å²) >= 11 is 0. The molecule has 92 valence electrons. The first-order valence-corrected chi connectivity index (χ1v) is 7.48. The van der Waals surface area contributed by atoms with Gasteiger partial charge in [0.1, 0.15) is 0 Å². The lowest BCUT2D eigenvalue weighted by Crippen LogP contribution is -2.30. The normalized spacial score (nSPS) is 14.9. The lowest BCUT2D eigenvalue weighted by Gasteiger charge is -2.12. The van der Waals surface area contributed by atoms with Crippen molar-refractivity contribution in [1.82, 2.24) is 10.3 Å². The molecule has 0 aliphatic heterocycles. The van der Waals surface area contributed by atoms with Crippen LogP contribution in [-0.4, -0.2) is 27.2 Å². The van der Waals surface area contributed by atoms with E-state index in [2.05, 4.69) is 41.5 Å². The third-order valence-electron chi connectivity index (χ3n) is 2.81. The second-order valence-corrected chi connectivity index (χ2v) is 5.86. The quantitative estimate of drug-likeness (QED) is 0.853. The summed E-state index contributed by atoms with van der Waals surface area (Å²) in [6, 6.07) is 8.62. The fraction of sp³-hybridized carbons (Fsp3) is 0.385. The van der Waals surface area contributed by atoms with E-state index in [1.54, 1.807) is 6.26 Å². The van der Waals surface area contributed by atoms with Crippen molar-refractivity contribution in [3.8, 4) is 0 Å². The van der Waals surface area contributed by atoms with Gasteiger partial charge in [0.15, 0.2) is 0 Å². The highest BCUT2D eigenvalue weighted by atomic mass is 32.2. The van der Waals surface area contributed by atoms with Crippen LogP contribution in [0.3, 0.4) is 0 Å². The van der Waals surface area contributed by atoms with Crippen molar-refractivity contribution < 1.29 is 4.21 Å². The van der Waals surface area contributed by atoms with Crippen molar-refractivity contribution in [1.29, 1.82) is 0 Å². The molecule has 2 unspecified atom stereocenters. The molecule has 0 saturated carbocycles. The van der Waals surface area contributed by atoms with Gasteiger partial charge >= 0.3 is 0 Å². The summed E-state index contributed by atoms with van der Waals surface area (Å²) in [5.74, 6) is 0.698. The van der Waals surface area contributed by atoms with Crippen LogP contribution in [0.25, 0.3) is 10.9 Å². The van der Waals surface area contributed by atoms with Gasteiger partial charge in [-0.1, -0.05) is 12.1 Å². The minimum Gasteiger partial charge on any atom is -0.361 e. The summed E-state index contributed by atoms with van der Waals surface area (Å²) < 4.78 is 11.1. The minimum absolute atomic E-state index is 0.273. The molecule has 4 heteroatoms. The number of nitrogens with one attached hydrogen (secondary N) is 2. The van der Waals surface area contributed by atoms with Gasteiger partial charge in [-0.2, -0.15) is 0 Å². The fourth-order valence-electron chi connectivity index (χ4n) is 2.00. The van der Waals surface area contributed by atoms with Crippen molar-refractivity contribution in [2.45, 2.75) is 19.5 Å². The van der Waals surface area contributed by atoms with Crippen LogP contribution in [0.4, 0.5) is 0 Å². The van der Waals surface area contributed by atoms with Gasteiger partial charge in [-0.3, -0.25) is 4.21 Å². The number of benzene rings is 1. The summed E-state index contributed by atoms with van der Waals surface area (Å²) in [6.07, 6.45) is 3.70. The van der Waals surface area contributed by atoms with Gasteiger partial charge in [-0.25, -0.2) is 0 Å². The van der Waals surface area contributed by atoms with Gasteiger partial charge in [-0.05, 0) is 24.6 Å². The molecule has 2 atom stereocenters. The molecule has 17 heavy (non-hydrogen) atoms. The maximum atomic E-state index is 11.1. The molecule has 3 nitrogen and oxygen atoms in total. The third kappa shape index (κ3) is 3.17. The van der Waals surface area contributed by atoms with Gasteiger partial charge in [0.2, 0.25) is 0 Å². The first-order valence-electron chi connectivity index (χ1n) is 5.75. The molecule has 0 radical (unpaired) electrons. The van der Waals surface area contributed by atoms with E-state index in [-0.39, 0.29) is 6.04 Å². The Morgan fingerprint density at radius 1 is 1.41 bits per heavy atom. The number of aromatic amines is 1. The Morgan fingerprint density at radius 3 is 3.00 bits per heavy atom. The standard InChI is InChI=1S/C13H18N2OS/c1-10(9-17(2)16)15-8-11-4-3-5-13-12(11)6-7-14-13/h3-7,10,14-15H,8-9H2,1-2H3. The van der Waals surface area contributed by atoms with Crippen LogP contribution in [0, 0.1) is 0 Å². The van der Waals surface area contributed by atoms with Crippen LogP contribution < -0.4 is 5.32 Å². The van der Waals surface area contributed by atoms with Crippen LogP contribution in [-0.2, 0) is 17.3 Å². The zero-order valence-corrected chi connectivity index (χ0v) is 11.0. The van der Waals surface area contributed by atoms with E-state index in [0.717, 1.165) is 12.1 Å². The highest BCUT2D eigenvalue weighted by molar-refractivity contribution is 7.84. The second-order valence-electron chi connectivity index (χ2n) is 4.38. The Balaban J connectivity index is 2.03. The van der Waals surface area contributed by atoms with Crippen molar-refractivity contribution >= 4 is 21.7 Å². The molecule has 1 heterocycles. The van der Waals surface area contributed by atoms with Gasteiger partial charge in [-0.15, -0.1) is 0 Å². The molecule has 0 aliphatic carbocycles. The zero-order chi connectivity index (χ0) is 12.3. The minimum atomic E-state index is -0.742. The summed E-state index contributed by atoms with van der Waals surface area (Å²) in [5.41, 5.74) is 2.44. The lowest BCUT2D eigenvalue weighted by atomic mass is 10.1. The SMILES string of the molecule is CC(CS(C)=O)NCc1cccc2[nH]ccc12. The highest BCUT2D eigenvalue weighted by Crippen LogP contribution is 2.17. The van der Waals surface area contributed by atoms with Crippen LogP contribution >= 0.6 is 0 Å². The molecule has 0 saturated heterocycles. The average molecular weight is 250 g/mol. The molecule has 2 aromatic rings. The average Bonchev–Trinajstić information content (AvgIpc) is 2.73. The van der Waals surface area contributed by atoms with Crippen molar-refractivity contribution in [3.05, 3.63) is 36.0 Å². The molecule has 0 bridgehead atoms. The zero-order valence-electron chi connectivity index (χ0n) is 10.2. The van der Waals surface area contributed by atoms with E-state index < -0.39 is 10.8 Å². The molecule has 0 amide bonds. The van der Waals surface area contributed by atoms with Crippen LogP contribution in [0.2, 0.25) is 0 Å². The second kappa shape index (κ2) is 5.47. The number of hydrogen-bond donors (Lipinski definition) is 2. The molecule has 0 fully saturated rings. The van der Waals surface area contributed by atoms with Gasteiger partial charge < -0.3 is 10.3 Å². The Labute approximate surface area is 104 Å². The maximum Gasteiger partial charge on any atom is 0.0457 e. The van der Waals surface area contributed by atoms with Crippen LogP contribution in [0.15, 0.2) is 30.5 Å². The summed E-state index contributed by atoms with van der Waals surface area (Å²) in [4.78, 5) is 3.20.